The summed E-state index contributed by atoms with van der Waals surface area (Å²) >= 11 is 3.18. The fourth-order valence-electron chi connectivity index (χ4n) is 2.13. The minimum atomic E-state index is -0.218. The van der Waals surface area contributed by atoms with Crippen LogP contribution in [0.3, 0.4) is 0 Å². The molecule has 0 amide bonds. The van der Waals surface area contributed by atoms with Crippen LogP contribution < -0.4 is 5.56 Å². The highest BCUT2D eigenvalue weighted by Crippen LogP contribution is 2.38. The number of aromatic amines is 1. The normalized spacial score (nSPS) is 11.2. The molecule has 2 aromatic heterocycles. The van der Waals surface area contributed by atoms with Crippen molar-refractivity contribution < 1.29 is 4.42 Å². The SMILES string of the molecule is O=c1[nH]nc2oc(-c3cccs3)cc(-c3cccs3)c1-2. The summed E-state index contributed by atoms with van der Waals surface area (Å²) in [7, 11) is 0. The van der Waals surface area contributed by atoms with E-state index in [4.69, 9.17) is 4.42 Å². The van der Waals surface area contributed by atoms with Gasteiger partial charge >= 0.3 is 0 Å². The molecular weight excluding hydrogens is 292 g/mol. The van der Waals surface area contributed by atoms with Gasteiger partial charge in [-0.2, -0.15) is 0 Å². The first-order valence-corrected chi connectivity index (χ1v) is 7.69. The van der Waals surface area contributed by atoms with Crippen molar-refractivity contribution in [2.45, 2.75) is 0 Å². The molecule has 0 aliphatic carbocycles. The second kappa shape index (κ2) is 4.43. The van der Waals surface area contributed by atoms with E-state index in [1.165, 1.54) is 0 Å². The summed E-state index contributed by atoms with van der Waals surface area (Å²) in [5.41, 5.74) is 1.15. The summed E-state index contributed by atoms with van der Waals surface area (Å²) in [6.07, 6.45) is 0. The lowest BCUT2D eigenvalue weighted by molar-refractivity contribution is 0.564. The van der Waals surface area contributed by atoms with E-state index in [9.17, 15) is 4.79 Å². The van der Waals surface area contributed by atoms with Gasteiger partial charge in [-0.1, -0.05) is 12.1 Å². The Morgan fingerprint density at radius 3 is 2.55 bits per heavy atom. The van der Waals surface area contributed by atoms with Crippen molar-refractivity contribution in [1.82, 2.24) is 10.2 Å². The average Bonchev–Trinajstić information content (AvgIpc) is 3.20. The highest BCUT2D eigenvalue weighted by molar-refractivity contribution is 7.14. The Morgan fingerprint density at radius 1 is 1.10 bits per heavy atom. The van der Waals surface area contributed by atoms with Crippen LogP contribution in [0.1, 0.15) is 0 Å². The molecule has 0 bridgehead atoms. The van der Waals surface area contributed by atoms with Gasteiger partial charge in [0.2, 0.25) is 5.89 Å². The number of fused-ring (bicyclic) bond motifs is 1. The molecule has 6 heteroatoms. The number of rotatable bonds is 2. The number of H-pyrrole nitrogens is 1. The van der Waals surface area contributed by atoms with E-state index in [2.05, 4.69) is 10.2 Å². The van der Waals surface area contributed by atoms with Crippen LogP contribution in [0.25, 0.3) is 32.5 Å². The minimum Gasteiger partial charge on any atom is -0.435 e. The van der Waals surface area contributed by atoms with Gasteiger partial charge in [0.25, 0.3) is 5.56 Å². The van der Waals surface area contributed by atoms with E-state index >= 15 is 0 Å². The zero-order valence-corrected chi connectivity index (χ0v) is 11.8. The largest absolute Gasteiger partial charge is 0.435 e. The van der Waals surface area contributed by atoms with E-state index < -0.39 is 0 Å². The third-order valence-corrected chi connectivity index (χ3v) is 4.79. The molecule has 0 aromatic carbocycles. The van der Waals surface area contributed by atoms with Crippen molar-refractivity contribution in [3.8, 4) is 32.5 Å². The Labute approximate surface area is 121 Å². The first kappa shape index (κ1) is 11.6. The Morgan fingerprint density at radius 2 is 1.85 bits per heavy atom. The Hall–Kier alpha value is -2.18. The second-order valence-corrected chi connectivity index (χ2v) is 6.11. The molecule has 2 aliphatic rings. The molecule has 4 rings (SSSR count). The van der Waals surface area contributed by atoms with Gasteiger partial charge in [-0.05, 0) is 29.0 Å². The molecule has 0 spiro atoms. The molecule has 2 aliphatic heterocycles. The summed E-state index contributed by atoms with van der Waals surface area (Å²) in [5.74, 6) is 1.08. The predicted octanol–water partition coefficient (Wildman–Crippen LogP) is 3.92. The third-order valence-electron chi connectivity index (χ3n) is 3.00. The Bertz CT molecular complexity index is 873. The van der Waals surface area contributed by atoms with E-state index in [1.54, 1.807) is 22.7 Å². The molecule has 2 aromatic rings. The number of aromatic nitrogens is 2. The molecule has 0 atom stereocenters. The van der Waals surface area contributed by atoms with Crippen molar-refractivity contribution in [3.63, 3.8) is 0 Å². The Balaban J connectivity index is 2.06. The fourth-order valence-corrected chi connectivity index (χ4v) is 3.55. The quantitative estimate of drug-likeness (QED) is 0.610. The lowest BCUT2D eigenvalue weighted by Gasteiger charge is -2.06. The molecule has 0 radical (unpaired) electrons. The van der Waals surface area contributed by atoms with Gasteiger partial charge in [0.15, 0.2) is 0 Å². The number of hydrogen-bond acceptors (Lipinski definition) is 5. The lowest BCUT2D eigenvalue weighted by atomic mass is 10.1. The van der Waals surface area contributed by atoms with E-state index in [-0.39, 0.29) is 5.56 Å². The van der Waals surface area contributed by atoms with Crippen molar-refractivity contribution >= 4 is 22.7 Å². The van der Waals surface area contributed by atoms with Gasteiger partial charge < -0.3 is 4.42 Å². The maximum Gasteiger partial charge on any atom is 0.277 e. The summed E-state index contributed by atoms with van der Waals surface area (Å²) in [6, 6.07) is 9.82. The summed E-state index contributed by atoms with van der Waals surface area (Å²) in [4.78, 5) is 14.0. The van der Waals surface area contributed by atoms with Crippen molar-refractivity contribution in [3.05, 3.63) is 51.4 Å². The van der Waals surface area contributed by atoms with Crippen molar-refractivity contribution in [2.75, 3.05) is 0 Å². The van der Waals surface area contributed by atoms with Crippen LogP contribution in [-0.4, -0.2) is 10.2 Å². The van der Waals surface area contributed by atoms with E-state index in [1.807, 2.05) is 41.1 Å². The summed E-state index contributed by atoms with van der Waals surface area (Å²) in [5, 5.41) is 10.4. The fraction of sp³-hybridized carbons (Fsp3) is 0. The molecule has 4 nitrogen and oxygen atoms in total. The lowest BCUT2D eigenvalue weighted by Crippen LogP contribution is -2.01. The van der Waals surface area contributed by atoms with Crippen LogP contribution in [0.15, 0.2) is 50.3 Å². The molecule has 1 N–H and O–H groups in total. The van der Waals surface area contributed by atoms with Crippen molar-refractivity contribution in [2.24, 2.45) is 0 Å². The van der Waals surface area contributed by atoms with Crippen LogP contribution in [0, 0.1) is 0 Å². The zero-order chi connectivity index (χ0) is 13.5. The van der Waals surface area contributed by atoms with Gasteiger partial charge in [-0.3, -0.25) is 4.79 Å². The van der Waals surface area contributed by atoms with Gasteiger partial charge in [0.1, 0.15) is 11.3 Å². The third kappa shape index (κ3) is 1.73. The number of thiophene rings is 2. The molecule has 0 unspecified atom stereocenters. The first-order valence-electron chi connectivity index (χ1n) is 5.93. The zero-order valence-electron chi connectivity index (χ0n) is 10.1. The maximum absolute atomic E-state index is 11.9. The maximum atomic E-state index is 11.9. The van der Waals surface area contributed by atoms with Gasteiger partial charge in [0.05, 0.1) is 4.88 Å². The van der Waals surface area contributed by atoms with Crippen LogP contribution in [0.5, 0.6) is 0 Å². The second-order valence-electron chi connectivity index (χ2n) is 4.21. The summed E-state index contributed by atoms with van der Waals surface area (Å²) in [6.45, 7) is 0. The molecule has 20 heavy (non-hydrogen) atoms. The molecule has 4 heterocycles. The molecular formula is C14H8N2O2S2. The van der Waals surface area contributed by atoms with Gasteiger partial charge in [0, 0.05) is 10.4 Å². The predicted molar refractivity (Wildman–Crippen MR) is 80.4 cm³/mol. The van der Waals surface area contributed by atoms with Crippen LogP contribution in [-0.2, 0) is 0 Å². The van der Waals surface area contributed by atoms with Crippen LogP contribution >= 0.6 is 22.7 Å². The molecule has 98 valence electrons. The first-order chi connectivity index (χ1) is 9.83. The number of nitrogens with zero attached hydrogens (tertiary/aromatic N) is 1. The molecule has 0 fully saturated rings. The molecule has 0 saturated carbocycles. The van der Waals surface area contributed by atoms with Gasteiger partial charge in [-0.15, -0.1) is 27.8 Å². The minimum absolute atomic E-state index is 0.218. The number of hydrogen-bond donors (Lipinski definition) is 1. The number of nitrogens with one attached hydrogen (secondary N) is 1. The Kier molecular flexibility index (Phi) is 2.58. The smallest absolute Gasteiger partial charge is 0.277 e. The van der Waals surface area contributed by atoms with Gasteiger partial charge in [-0.25, -0.2) is 5.10 Å². The highest BCUT2D eigenvalue weighted by Gasteiger charge is 2.22. The highest BCUT2D eigenvalue weighted by atomic mass is 32.1. The van der Waals surface area contributed by atoms with Crippen molar-refractivity contribution in [1.29, 1.82) is 0 Å². The standard InChI is InChI=1S/C14H8N2O2S2/c17-13-12-8(10-3-1-5-19-10)7-9(11-4-2-6-20-11)18-14(12)16-15-13/h1-7H,(H,15,17). The monoisotopic (exact) mass is 300 g/mol. The average molecular weight is 300 g/mol. The van der Waals surface area contributed by atoms with E-state index in [0.29, 0.717) is 11.5 Å². The van der Waals surface area contributed by atoms with Crippen LogP contribution in [0.2, 0.25) is 0 Å². The summed E-state index contributed by atoms with van der Waals surface area (Å²) < 4.78 is 5.74. The molecule has 0 saturated heterocycles. The topological polar surface area (TPSA) is 58.9 Å². The van der Waals surface area contributed by atoms with E-state index in [0.717, 1.165) is 21.1 Å². The van der Waals surface area contributed by atoms with Crippen LogP contribution in [0.4, 0.5) is 0 Å².